The lowest BCUT2D eigenvalue weighted by Gasteiger charge is -2.37. The van der Waals surface area contributed by atoms with Gasteiger partial charge in [0.1, 0.15) is 0 Å². The minimum atomic E-state index is -3.58. The average molecular weight is 338 g/mol. The van der Waals surface area contributed by atoms with Crippen molar-refractivity contribution in [3.05, 3.63) is 23.8 Å². The summed E-state index contributed by atoms with van der Waals surface area (Å²) in [6.45, 7) is 4.54. The van der Waals surface area contributed by atoms with E-state index in [9.17, 15) is 13.2 Å². The Hall–Kier alpha value is -1.44. The van der Waals surface area contributed by atoms with Crippen LogP contribution in [0.1, 0.15) is 25.8 Å². The molecule has 3 rings (SSSR count). The van der Waals surface area contributed by atoms with Crippen LogP contribution in [0.3, 0.4) is 0 Å². The van der Waals surface area contributed by atoms with Gasteiger partial charge in [-0.3, -0.25) is 4.79 Å². The van der Waals surface area contributed by atoms with Crippen LogP contribution in [-0.4, -0.2) is 51.0 Å². The maximum atomic E-state index is 13.0. The number of benzene rings is 1. The molecule has 0 saturated carbocycles. The van der Waals surface area contributed by atoms with Gasteiger partial charge >= 0.3 is 0 Å². The van der Waals surface area contributed by atoms with Crippen LogP contribution in [-0.2, 0) is 26.0 Å². The third-order valence-corrected chi connectivity index (χ3v) is 6.68. The SMILES string of the molecule is CC1COCC(C)N1S(=O)(=O)c1ccc2c(c1)CCC(=O)N2C. The first-order valence-electron chi connectivity index (χ1n) is 7.83. The fourth-order valence-electron chi connectivity index (χ4n) is 3.38. The summed E-state index contributed by atoms with van der Waals surface area (Å²) in [5.41, 5.74) is 1.70. The van der Waals surface area contributed by atoms with Crippen molar-refractivity contribution in [2.45, 2.75) is 43.7 Å². The summed E-state index contributed by atoms with van der Waals surface area (Å²) in [7, 11) is -1.85. The summed E-state index contributed by atoms with van der Waals surface area (Å²) in [5.74, 6) is 0.0588. The molecule has 1 fully saturated rings. The molecule has 2 aliphatic rings. The van der Waals surface area contributed by atoms with Crippen molar-refractivity contribution < 1.29 is 17.9 Å². The Balaban J connectivity index is 1.99. The van der Waals surface area contributed by atoms with Gasteiger partial charge in [-0.15, -0.1) is 0 Å². The molecule has 2 unspecified atom stereocenters. The summed E-state index contributed by atoms with van der Waals surface area (Å²) >= 11 is 0. The predicted molar refractivity (Wildman–Crippen MR) is 86.9 cm³/mol. The van der Waals surface area contributed by atoms with Gasteiger partial charge in [0.2, 0.25) is 15.9 Å². The van der Waals surface area contributed by atoms with Crippen LogP contribution in [0.4, 0.5) is 5.69 Å². The van der Waals surface area contributed by atoms with Crippen molar-refractivity contribution >= 4 is 21.6 Å². The van der Waals surface area contributed by atoms with Crippen LogP contribution in [0, 0.1) is 0 Å². The molecule has 6 nitrogen and oxygen atoms in total. The van der Waals surface area contributed by atoms with E-state index in [4.69, 9.17) is 4.74 Å². The van der Waals surface area contributed by atoms with Crippen LogP contribution in [0.5, 0.6) is 0 Å². The number of morpholine rings is 1. The van der Waals surface area contributed by atoms with E-state index in [0.717, 1.165) is 11.3 Å². The normalized spacial score (nSPS) is 26.2. The van der Waals surface area contributed by atoms with Crippen LogP contribution in [0.15, 0.2) is 23.1 Å². The minimum absolute atomic E-state index is 0.0588. The van der Waals surface area contributed by atoms with Crippen LogP contribution in [0.25, 0.3) is 0 Å². The molecule has 1 amide bonds. The second kappa shape index (κ2) is 5.89. The highest BCUT2D eigenvalue weighted by atomic mass is 32.2. The number of nitrogens with zero attached hydrogens (tertiary/aromatic N) is 2. The fraction of sp³-hybridized carbons (Fsp3) is 0.562. The van der Waals surface area contributed by atoms with Gasteiger partial charge in [0.15, 0.2) is 0 Å². The Kier molecular flexibility index (Phi) is 4.20. The number of hydrogen-bond donors (Lipinski definition) is 0. The number of carbonyl (C=O) groups excluding carboxylic acids is 1. The number of amides is 1. The first-order chi connectivity index (χ1) is 10.8. The monoisotopic (exact) mass is 338 g/mol. The molecule has 2 aliphatic heterocycles. The molecule has 0 aromatic heterocycles. The lowest BCUT2D eigenvalue weighted by molar-refractivity contribution is -0.118. The van der Waals surface area contributed by atoms with E-state index in [1.165, 1.54) is 4.31 Å². The third-order valence-electron chi connectivity index (χ3n) is 4.56. The molecule has 1 aromatic rings. The van der Waals surface area contributed by atoms with Gasteiger partial charge in [-0.2, -0.15) is 4.31 Å². The highest BCUT2D eigenvalue weighted by Gasteiger charge is 2.37. The average Bonchev–Trinajstić information content (AvgIpc) is 2.50. The van der Waals surface area contributed by atoms with E-state index in [1.54, 1.807) is 30.1 Å². The molecule has 7 heteroatoms. The Morgan fingerprint density at radius 3 is 2.43 bits per heavy atom. The molecular formula is C16H22N2O4S. The van der Waals surface area contributed by atoms with Crippen molar-refractivity contribution in [3.8, 4) is 0 Å². The number of hydrogen-bond acceptors (Lipinski definition) is 4. The quantitative estimate of drug-likeness (QED) is 0.817. The number of carbonyl (C=O) groups is 1. The first kappa shape index (κ1) is 16.4. The van der Waals surface area contributed by atoms with E-state index in [2.05, 4.69) is 0 Å². The van der Waals surface area contributed by atoms with Crippen LogP contribution < -0.4 is 4.90 Å². The molecule has 0 aliphatic carbocycles. The summed E-state index contributed by atoms with van der Waals surface area (Å²) in [6.07, 6.45) is 0.993. The smallest absolute Gasteiger partial charge is 0.243 e. The van der Waals surface area contributed by atoms with Gasteiger partial charge in [-0.25, -0.2) is 8.42 Å². The van der Waals surface area contributed by atoms with E-state index in [-0.39, 0.29) is 18.0 Å². The molecule has 0 radical (unpaired) electrons. The van der Waals surface area contributed by atoms with E-state index < -0.39 is 10.0 Å². The Morgan fingerprint density at radius 1 is 1.13 bits per heavy atom. The minimum Gasteiger partial charge on any atom is -0.378 e. The number of anilines is 1. The van der Waals surface area contributed by atoms with E-state index in [0.29, 0.717) is 31.0 Å². The second-order valence-corrected chi connectivity index (χ2v) is 8.16. The van der Waals surface area contributed by atoms with E-state index >= 15 is 0 Å². The zero-order chi connectivity index (χ0) is 16.8. The molecule has 0 bridgehead atoms. The highest BCUT2D eigenvalue weighted by Crippen LogP contribution is 2.31. The molecule has 1 saturated heterocycles. The number of ether oxygens (including phenoxy) is 1. The molecule has 0 N–H and O–H groups in total. The van der Waals surface area contributed by atoms with Crippen molar-refractivity contribution in [2.24, 2.45) is 0 Å². The number of rotatable bonds is 2. The highest BCUT2D eigenvalue weighted by molar-refractivity contribution is 7.89. The van der Waals surface area contributed by atoms with Gasteiger partial charge in [-0.05, 0) is 44.0 Å². The molecule has 23 heavy (non-hydrogen) atoms. The number of sulfonamides is 1. The lowest BCUT2D eigenvalue weighted by atomic mass is 10.0. The Morgan fingerprint density at radius 2 is 1.78 bits per heavy atom. The largest absolute Gasteiger partial charge is 0.378 e. The molecule has 2 heterocycles. The summed E-state index contributed by atoms with van der Waals surface area (Å²) < 4.78 is 33.0. The molecule has 126 valence electrons. The standard InChI is InChI=1S/C16H22N2O4S/c1-11-9-22-10-12(2)18(11)23(20,21)14-5-6-15-13(8-14)4-7-16(19)17(15)3/h5-6,8,11-12H,4,7,9-10H2,1-3H3. The second-order valence-electron chi connectivity index (χ2n) is 6.31. The van der Waals surface area contributed by atoms with Crippen LogP contribution >= 0.6 is 0 Å². The molecule has 0 spiro atoms. The maximum Gasteiger partial charge on any atom is 0.243 e. The third kappa shape index (κ3) is 2.77. The first-order valence-corrected chi connectivity index (χ1v) is 9.27. The van der Waals surface area contributed by atoms with Gasteiger partial charge in [0.05, 0.1) is 18.1 Å². The van der Waals surface area contributed by atoms with Crippen molar-refractivity contribution in [2.75, 3.05) is 25.2 Å². The maximum absolute atomic E-state index is 13.0. The Bertz CT molecular complexity index is 722. The predicted octanol–water partition coefficient (Wildman–Crippen LogP) is 1.39. The zero-order valence-electron chi connectivity index (χ0n) is 13.7. The number of fused-ring (bicyclic) bond motifs is 1. The number of aryl methyl sites for hydroxylation is 1. The fourth-order valence-corrected chi connectivity index (χ4v) is 5.22. The summed E-state index contributed by atoms with van der Waals surface area (Å²) in [4.78, 5) is 13.6. The molecular weight excluding hydrogens is 316 g/mol. The van der Waals surface area contributed by atoms with Gasteiger partial charge in [0, 0.05) is 31.2 Å². The molecule has 2 atom stereocenters. The topological polar surface area (TPSA) is 66.9 Å². The van der Waals surface area contributed by atoms with Gasteiger partial charge in [-0.1, -0.05) is 0 Å². The Labute approximate surface area is 137 Å². The van der Waals surface area contributed by atoms with Gasteiger partial charge in [0.25, 0.3) is 0 Å². The zero-order valence-corrected chi connectivity index (χ0v) is 14.5. The van der Waals surface area contributed by atoms with Crippen molar-refractivity contribution in [1.29, 1.82) is 0 Å². The lowest BCUT2D eigenvalue weighted by Crippen LogP contribution is -2.52. The van der Waals surface area contributed by atoms with Gasteiger partial charge < -0.3 is 9.64 Å². The van der Waals surface area contributed by atoms with Crippen molar-refractivity contribution in [3.63, 3.8) is 0 Å². The van der Waals surface area contributed by atoms with Crippen LogP contribution in [0.2, 0.25) is 0 Å². The van der Waals surface area contributed by atoms with Crippen molar-refractivity contribution in [1.82, 2.24) is 4.31 Å². The summed E-state index contributed by atoms with van der Waals surface area (Å²) in [5, 5.41) is 0. The van der Waals surface area contributed by atoms with E-state index in [1.807, 2.05) is 13.8 Å². The summed E-state index contributed by atoms with van der Waals surface area (Å²) in [6, 6.07) is 4.66. The molecule has 1 aromatic carbocycles.